The van der Waals surface area contributed by atoms with E-state index in [4.69, 9.17) is 14.4 Å². The summed E-state index contributed by atoms with van der Waals surface area (Å²) in [6.45, 7) is 0. The fourth-order valence-electron chi connectivity index (χ4n) is 5.54. The molecule has 0 fully saturated rings. The monoisotopic (exact) mass is 757 g/mol. The Labute approximate surface area is 273 Å². The van der Waals surface area contributed by atoms with Crippen molar-refractivity contribution in [3.8, 4) is 28.3 Å². The molecule has 4 heterocycles. The summed E-state index contributed by atoms with van der Waals surface area (Å²) in [5.41, 5.74) is 8.07. The van der Waals surface area contributed by atoms with Crippen LogP contribution in [-0.2, 0) is 20.1 Å². The molecule has 6 heteroatoms. The molecule has 0 bridgehead atoms. The summed E-state index contributed by atoms with van der Waals surface area (Å²) in [6, 6.07) is 52.8. The van der Waals surface area contributed by atoms with Crippen LogP contribution in [0.5, 0.6) is 0 Å². The van der Waals surface area contributed by atoms with Gasteiger partial charge < -0.3 is 14.0 Å². The SMILES string of the molecule is [Ir].[c-]1ccc2c(oc3ccccc32)c1-c1nc2nc3ccccc3cc2n1-c1ccccc1.[c-]1ccccc1-c1ccccn1. The molecular weight excluding hydrogens is 733 g/mol. The number of hydrogen-bond donors (Lipinski definition) is 0. The molecule has 0 N–H and O–H groups in total. The number of fused-ring (bicyclic) bond motifs is 5. The van der Waals surface area contributed by atoms with Crippen molar-refractivity contribution in [3.05, 3.63) is 158 Å². The zero-order valence-electron chi connectivity index (χ0n) is 23.9. The average molecular weight is 757 g/mol. The third-order valence-corrected chi connectivity index (χ3v) is 7.58. The molecule has 0 saturated heterocycles. The second kappa shape index (κ2) is 12.3. The van der Waals surface area contributed by atoms with Gasteiger partial charge in [0, 0.05) is 42.8 Å². The van der Waals surface area contributed by atoms with E-state index in [2.05, 4.69) is 52.0 Å². The Morgan fingerprint density at radius 3 is 2.29 bits per heavy atom. The maximum atomic E-state index is 6.30. The van der Waals surface area contributed by atoms with E-state index in [1.165, 1.54) is 0 Å². The number of pyridine rings is 2. The Morgan fingerprint density at radius 1 is 0.644 bits per heavy atom. The number of imidazole rings is 1. The summed E-state index contributed by atoms with van der Waals surface area (Å²) in [5, 5.41) is 3.22. The van der Waals surface area contributed by atoms with E-state index >= 15 is 0 Å². The van der Waals surface area contributed by atoms with E-state index in [-0.39, 0.29) is 20.1 Å². The van der Waals surface area contributed by atoms with Crippen LogP contribution in [0.2, 0.25) is 0 Å². The topological polar surface area (TPSA) is 56.7 Å². The summed E-state index contributed by atoms with van der Waals surface area (Å²) in [6.07, 6.45) is 1.79. The van der Waals surface area contributed by atoms with Gasteiger partial charge in [-0.2, -0.15) is 0 Å². The normalized spacial score (nSPS) is 10.9. The average Bonchev–Trinajstić information content (AvgIpc) is 3.67. The summed E-state index contributed by atoms with van der Waals surface area (Å²) < 4.78 is 8.44. The quantitative estimate of drug-likeness (QED) is 0.169. The van der Waals surface area contributed by atoms with Gasteiger partial charge in [-0.3, -0.25) is 4.98 Å². The molecule has 4 aromatic heterocycles. The third kappa shape index (κ3) is 5.31. The maximum Gasteiger partial charge on any atom is 0.168 e. The predicted molar refractivity (Wildman–Crippen MR) is 176 cm³/mol. The van der Waals surface area contributed by atoms with Gasteiger partial charge in [0.15, 0.2) is 5.65 Å². The van der Waals surface area contributed by atoms with Gasteiger partial charge in [0.25, 0.3) is 0 Å². The van der Waals surface area contributed by atoms with Gasteiger partial charge in [-0.05, 0) is 42.1 Å². The summed E-state index contributed by atoms with van der Waals surface area (Å²) in [5.74, 6) is 0.763. The molecule has 9 aromatic rings. The molecule has 0 spiro atoms. The Kier molecular flexibility index (Phi) is 7.74. The number of aromatic nitrogens is 4. The van der Waals surface area contributed by atoms with Crippen LogP contribution in [-0.4, -0.2) is 19.5 Å². The minimum absolute atomic E-state index is 0. The number of para-hydroxylation sites is 3. The molecular formula is C39H24IrN4O-2. The van der Waals surface area contributed by atoms with Crippen molar-refractivity contribution >= 4 is 44.0 Å². The van der Waals surface area contributed by atoms with E-state index in [9.17, 15) is 0 Å². The molecule has 0 aliphatic rings. The van der Waals surface area contributed by atoms with Crippen LogP contribution in [0, 0.1) is 12.1 Å². The first-order valence-electron chi connectivity index (χ1n) is 14.4. The van der Waals surface area contributed by atoms with E-state index < -0.39 is 0 Å². The fraction of sp³-hybridized carbons (Fsp3) is 0. The molecule has 0 aliphatic heterocycles. The molecule has 0 atom stereocenters. The van der Waals surface area contributed by atoms with E-state index in [1.807, 2.05) is 109 Å². The van der Waals surface area contributed by atoms with Gasteiger partial charge in [-0.1, -0.05) is 77.7 Å². The number of rotatable bonds is 3. The maximum absolute atomic E-state index is 6.30. The van der Waals surface area contributed by atoms with E-state index in [0.717, 1.165) is 66.7 Å². The Balaban J connectivity index is 0.000000211. The summed E-state index contributed by atoms with van der Waals surface area (Å²) in [4.78, 5) is 14.1. The van der Waals surface area contributed by atoms with Gasteiger partial charge in [0.05, 0.1) is 22.4 Å². The second-order valence-electron chi connectivity index (χ2n) is 10.3. The van der Waals surface area contributed by atoms with Gasteiger partial charge in [-0.15, -0.1) is 54.1 Å². The molecule has 9 rings (SSSR count). The Hall–Kier alpha value is -5.42. The first kappa shape index (κ1) is 28.4. The van der Waals surface area contributed by atoms with Crippen LogP contribution in [0.25, 0.3) is 72.3 Å². The molecule has 0 saturated carbocycles. The standard InChI is InChI=1S/C28H16N3O.C11H8N.Ir/c1-2-10-19(11-3-1)31-24-17-18-9-4-6-15-23(18)29-27(24)30-28(31)22-14-8-13-21-20-12-5-7-16-25(20)32-26(21)22;1-2-6-10(7-3-1)11-8-4-5-9-12-11;/h1-13,15-17H;1-6,8-9H;/q2*-1;. The zero-order chi connectivity index (χ0) is 29.3. The zero-order valence-corrected chi connectivity index (χ0v) is 26.3. The third-order valence-electron chi connectivity index (χ3n) is 7.58. The van der Waals surface area contributed by atoms with Crippen molar-refractivity contribution in [1.82, 2.24) is 19.5 Å². The Morgan fingerprint density at radius 2 is 1.44 bits per heavy atom. The first-order valence-corrected chi connectivity index (χ1v) is 14.4. The number of nitrogens with zero attached hydrogens (tertiary/aromatic N) is 4. The van der Waals surface area contributed by atoms with Crippen LogP contribution in [0.4, 0.5) is 0 Å². The number of hydrogen-bond acceptors (Lipinski definition) is 4. The van der Waals surface area contributed by atoms with Crippen molar-refractivity contribution in [1.29, 1.82) is 0 Å². The van der Waals surface area contributed by atoms with E-state index in [0.29, 0.717) is 5.65 Å². The van der Waals surface area contributed by atoms with Crippen LogP contribution < -0.4 is 0 Å². The van der Waals surface area contributed by atoms with Crippen LogP contribution in [0.15, 0.2) is 150 Å². The van der Waals surface area contributed by atoms with Crippen molar-refractivity contribution in [2.75, 3.05) is 0 Å². The molecule has 45 heavy (non-hydrogen) atoms. The van der Waals surface area contributed by atoms with Crippen molar-refractivity contribution < 1.29 is 24.5 Å². The van der Waals surface area contributed by atoms with Gasteiger partial charge in [-0.25, -0.2) is 4.98 Å². The minimum Gasteiger partial charge on any atom is -0.501 e. The molecule has 5 aromatic carbocycles. The predicted octanol–water partition coefficient (Wildman–Crippen LogP) is 9.49. The van der Waals surface area contributed by atoms with Crippen molar-refractivity contribution in [2.45, 2.75) is 0 Å². The largest absolute Gasteiger partial charge is 0.501 e. The van der Waals surface area contributed by atoms with Gasteiger partial charge >= 0.3 is 0 Å². The van der Waals surface area contributed by atoms with Gasteiger partial charge in [0.1, 0.15) is 5.58 Å². The molecule has 0 unspecified atom stereocenters. The molecule has 0 amide bonds. The summed E-state index contributed by atoms with van der Waals surface area (Å²) in [7, 11) is 0. The first-order chi connectivity index (χ1) is 21.8. The second-order valence-corrected chi connectivity index (χ2v) is 10.3. The smallest absolute Gasteiger partial charge is 0.168 e. The van der Waals surface area contributed by atoms with Crippen LogP contribution in [0.1, 0.15) is 0 Å². The number of benzene rings is 5. The van der Waals surface area contributed by atoms with E-state index in [1.54, 1.807) is 6.20 Å². The molecule has 1 radical (unpaired) electrons. The molecule has 0 aliphatic carbocycles. The minimum atomic E-state index is 0. The van der Waals surface area contributed by atoms with Crippen LogP contribution >= 0.6 is 0 Å². The van der Waals surface area contributed by atoms with Gasteiger partial charge in [0.2, 0.25) is 0 Å². The fourth-order valence-corrected chi connectivity index (χ4v) is 5.54. The molecule has 5 nitrogen and oxygen atoms in total. The van der Waals surface area contributed by atoms with Crippen LogP contribution in [0.3, 0.4) is 0 Å². The van der Waals surface area contributed by atoms with Crippen molar-refractivity contribution in [2.24, 2.45) is 0 Å². The summed E-state index contributed by atoms with van der Waals surface area (Å²) >= 11 is 0. The van der Waals surface area contributed by atoms with Crippen molar-refractivity contribution in [3.63, 3.8) is 0 Å². The number of furan rings is 1. The Bertz CT molecular complexity index is 2350. The molecule has 217 valence electrons.